The van der Waals surface area contributed by atoms with Gasteiger partial charge in [0.25, 0.3) is 5.56 Å². The second-order valence-corrected chi connectivity index (χ2v) is 4.37. The van der Waals surface area contributed by atoms with Crippen LogP contribution in [0, 0.1) is 11.3 Å². The molecular formula is C14H14N4O. The number of benzene rings is 1. The van der Waals surface area contributed by atoms with E-state index in [1.54, 1.807) is 18.3 Å². The molecule has 1 heterocycles. The summed E-state index contributed by atoms with van der Waals surface area (Å²) in [6.07, 6.45) is 1.64. The van der Waals surface area contributed by atoms with Gasteiger partial charge in [0, 0.05) is 20.2 Å². The van der Waals surface area contributed by atoms with Gasteiger partial charge in [-0.2, -0.15) is 10.4 Å². The number of anilines is 1. The quantitative estimate of drug-likeness (QED) is 0.826. The van der Waals surface area contributed by atoms with Gasteiger partial charge in [0.05, 0.1) is 30.1 Å². The number of hydrogen-bond donors (Lipinski definition) is 0. The van der Waals surface area contributed by atoms with Crippen LogP contribution in [0.15, 0.2) is 41.3 Å². The zero-order valence-electron chi connectivity index (χ0n) is 10.9. The number of nitrogens with zero attached hydrogens (tertiary/aromatic N) is 4. The number of nitriles is 1. The molecule has 0 aliphatic heterocycles. The molecule has 96 valence electrons. The molecule has 2 rings (SSSR count). The number of rotatable bonds is 3. The first-order valence-corrected chi connectivity index (χ1v) is 5.84. The van der Waals surface area contributed by atoms with Crippen molar-refractivity contribution in [3.05, 3.63) is 58.0 Å². The Bertz CT molecular complexity index is 682. The molecule has 0 saturated heterocycles. The Labute approximate surface area is 111 Å². The second kappa shape index (κ2) is 5.36. The van der Waals surface area contributed by atoms with Crippen LogP contribution in [-0.2, 0) is 6.54 Å². The third kappa shape index (κ3) is 2.80. The van der Waals surface area contributed by atoms with Crippen molar-refractivity contribution in [3.8, 4) is 6.07 Å². The smallest absolute Gasteiger partial charge is 0.269 e. The predicted molar refractivity (Wildman–Crippen MR) is 73.1 cm³/mol. The van der Waals surface area contributed by atoms with Crippen LogP contribution in [-0.4, -0.2) is 23.9 Å². The summed E-state index contributed by atoms with van der Waals surface area (Å²) in [5.74, 6) is 0. The van der Waals surface area contributed by atoms with Gasteiger partial charge in [-0.3, -0.25) is 4.79 Å². The Morgan fingerprint density at radius 2 is 2.11 bits per heavy atom. The molecule has 5 heteroatoms. The van der Waals surface area contributed by atoms with E-state index in [2.05, 4.69) is 11.2 Å². The van der Waals surface area contributed by atoms with E-state index in [9.17, 15) is 4.79 Å². The van der Waals surface area contributed by atoms with Gasteiger partial charge in [0.2, 0.25) is 0 Å². The summed E-state index contributed by atoms with van der Waals surface area (Å²) < 4.78 is 1.35. The molecule has 0 N–H and O–H groups in total. The highest BCUT2D eigenvalue weighted by Crippen LogP contribution is 2.09. The molecule has 0 radical (unpaired) electrons. The van der Waals surface area contributed by atoms with Crippen LogP contribution in [0.2, 0.25) is 0 Å². The van der Waals surface area contributed by atoms with E-state index < -0.39 is 0 Å². The third-order valence-corrected chi connectivity index (χ3v) is 2.83. The molecule has 0 saturated carbocycles. The van der Waals surface area contributed by atoms with Crippen molar-refractivity contribution in [2.24, 2.45) is 0 Å². The summed E-state index contributed by atoms with van der Waals surface area (Å²) in [7, 11) is 3.71. The van der Waals surface area contributed by atoms with E-state index in [1.807, 2.05) is 31.1 Å². The molecule has 0 atom stereocenters. The third-order valence-electron chi connectivity index (χ3n) is 2.83. The summed E-state index contributed by atoms with van der Waals surface area (Å²) >= 11 is 0. The van der Waals surface area contributed by atoms with Gasteiger partial charge in [-0.25, -0.2) is 4.68 Å². The van der Waals surface area contributed by atoms with Crippen molar-refractivity contribution in [1.29, 1.82) is 5.26 Å². The average Bonchev–Trinajstić information content (AvgIpc) is 2.41. The van der Waals surface area contributed by atoms with Crippen LogP contribution >= 0.6 is 0 Å². The summed E-state index contributed by atoms with van der Waals surface area (Å²) in [4.78, 5) is 13.8. The maximum Gasteiger partial charge on any atom is 0.269 e. The molecule has 1 aromatic carbocycles. The van der Waals surface area contributed by atoms with E-state index in [-0.39, 0.29) is 5.56 Å². The lowest BCUT2D eigenvalue weighted by Gasteiger charge is -2.12. The van der Waals surface area contributed by atoms with Gasteiger partial charge in [0.15, 0.2) is 0 Å². The van der Waals surface area contributed by atoms with E-state index in [0.717, 1.165) is 11.3 Å². The van der Waals surface area contributed by atoms with Gasteiger partial charge >= 0.3 is 0 Å². The topological polar surface area (TPSA) is 61.9 Å². The average molecular weight is 254 g/mol. The highest BCUT2D eigenvalue weighted by molar-refractivity contribution is 5.41. The maximum atomic E-state index is 11.9. The Hall–Kier alpha value is -2.61. The standard InChI is InChI=1S/C14H14N4O/c1-17(2)13-7-14(19)18(16-9-13)10-12-6-4-3-5-11(12)8-15/h3-7,9H,10H2,1-2H3. The van der Waals surface area contributed by atoms with Gasteiger partial charge in [-0.1, -0.05) is 18.2 Å². The minimum Gasteiger partial charge on any atom is -0.376 e. The number of hydrogen-bond acceptors (Lipinski definition) is 4. The second-order valence-electron chi connectivity index (χ2n) is 4.37. The molecule has 0 aliphatic carbocycles. The minimum absolute atomic E-state index is 0.182. The molecule has 0 bridgehead atoms. The van der Waals surface area contributed by atoms with Crippen LogP contribution in [0.1, 0.15) is 11.1 Å². The fourth-order valence-electron chi connectivity index (χ4n) is 1.72. The Morgan fingerprint density at radius 3 is 2.74 bits per heavy atom. The first-order chi connectivity index (χ1) is 9.11. The van der Waals surface area contributed by atoms with Gasteiger partial charge in [-0.15, -0.1) is 0 Å². The van der Waals surface area contributed by atoms with E-state index >= 15 is 0 Å². The van der Waals surface area contributed by atoms with Crippen LogP contribution in [0.5, 0.6) is 0 Å². The van der Waals surface area contributed by atoms with E-state index in [1.165, 1.54) is 10.7 Å². The Kier molecular flexibility index (Phi) is 3.62. The Balaban J connectivity index is 2.35. The Morgan fingerprint density at radius 1 is 1.37 bits per heavy atom. The molecule has 0 amide bonds. The fraction of sp³-hybridized carbons (Fsp3) is 0.214. The van der Waals surface area contributed by atoms with Crippen LogP contribution in [0.25, 0.3) is 0 Å². The zero-order valence-corrected chi connectivity index (χ0v) is 10.9. The zero-order chi connectivity index (χ0) is 13.8. The molecule has 5 nitrogen and oxygen atoms in total. The van der Waals surface area contributed by atoms with Crippen molar-refractivity contribution in [2.75, 3.05) is 19.0 Å². The molecule has 2 aromatic rings. The van der Waals surface area contributed by atoms with Crippen molar-refractivity contribution in [2.45, 2.75) is 6.54 Å². The normalized spacial score (nSPS) is 9.95. The van der Waals surface area contributed by atoms with Crippen molar-refractivity contribution < 1.29 is 0 Å². The highest BCUT2D eigenvalue weighted by Gasteiger charge is 2.05. The van der Waals surface area contributed by atoms with E-state index in [0.29, 0.717) is 12.1 Å². The SMILES string of the molecule is CN(C)c1cnn(Cc2ccccc2C#N)c(=O)c1. The van der Waals surface area contributed by atoms with Crippen LogP contribution in [0.3, 0.4) is 0 Å². The van der Waals surface area contributed by atoms with Gasteiger partial charge < -0.3 is 4.90 Å². The molecule has 0 spiro atoms. The first kappa shape index (κ1) is 12.8. The summed E-state index contributed by atoms with van der Waals surface area (Å²) in [6.45, 7) is 0.302. The molecule has 1 aromatic heterocycles. The predicted octanol–water partition coefficient (Wildman–Crippen LogP) is 1.23. The number of aromatic nitrogens is 2. The minimum atomic E-state index is -0.182. The first-order valence-electron chi connectivity index (χ1n) is 5.84. The summed E-state index contributed by atoms with van der Waals surface area (Å²) in [5, 5.41) is 13.1. The van der Waals surface area contributed by atoms with Crippen LogP contribution in [0.4, 0.5) is 5.69 Å². The van der Waals surface area contributed by atoms with Gasteiger partial charge in [0.1, 0.15) is 0 Å². The highest BCUT2D eigenvalue weighted by atomic mass is 16.1. The summed E-state index contributed by atoms with van der Waals surface area (Å²) in [5.41, 5.74) is 1.93. The lowest BCUT2D eigenvalue weighted by molar-refractivity contribution is 0.637. The van der Waals surface area contributed by atoms with E-state index in [4.69, 9.17) is 5.26 Å². The molecule has 0 aliphatic rings. The lowest BCUT2D eigenvalue weighted by atomic mass is 10.1. The lowest BCUT2D eigenvalue weighted by Crippen LogP contribution is -2.24. The summed E-state index contributed by atoms with van der Waals surface area (Å²) in [6, 6.07) is 10.8. The largest absolute Gasteiger partial charge is 0.376 e. The molecule has 0 unspecified atom stereocenters. The molecule has 19 heavy (non-hydrogen) atoms. The maximum absolute atomic E-state index is 11.9. The van der Waals surface area contributed by atoms with Crippen LogP contribution < -0.4 is 10.5 Å². The molecular weight excluding hydrogens is 240 g/mol. The van der Waals surface area contributed by atoms with Gasteiger partial charge in [-0.05, 0) is 11.6 Å². The van der Waals surface area contributed by atoms with Crippen molar-refractivity contribution >= 4 is 5.69 Å². The van der Waals surface area contributed by atoms with Crippen molar-refractivity contribution in [1.82, 2.24) is 9.78 Å². The fourth-order valence-corrected chi connectivity index (χ4v) is 1.72. The molecule has 0 fully saturated rings. The van der Waals surface area contributed by atoms with Crippen molar-refractivity contribution in [3.63, 3.8) is 0 Å². The monoisotopic (exact) mass is 254 g/mol.